The summed E-state index contributed by atoms with van der Waals surface area (Å²) in [5.41, 5.74) is -0.161. The molecule has 0 aliphatic rings. The van der Waals surface area contributed by atoms with Crippen LogP contribution in [0.4, 0.5) is 0 Å². The van der Waals surface area contributed by atoms with Crippen LogP contribution in [-0.2, 0) is 14.3 Å². The molecule has 0 amide bonds. The molecule has 0 aliphatic heterocycles. The van der Waals surface area contributed by atoms with Crippen LogP contribution in [0.2, 0.25) is 0 Å². The number of hydrogen-bond acceptors (Lipinski definition) is 5. The van der Waals surface area contributed by atoms with Gasteiger partial charge in [0.2, 0.25) is 0 Å². The predicted octanol–water partition coefficient (Wildman–Crippen LogP) is 3.53. The molecule has 1 aromatic heterocycles. The van der Waals surface area contributed by atoms with E-state index in [1.54, 1.807) is 38.1 Å². The fraction of sp³-hybridized carbons (Fsp3) is 0.188. The van der Waals surface area contributed by atoms with Crippen LogP contribution < -0.4 is 5.43 Å². The van der Waals surface area contributed by atoms with Gasteiger partial charge in [0, 0.05) is 15.5 Å². The summed E-state index contributed by atoms with van der Waals surface area (Å²) in [6, 6.07) is 11.9. The third-order valence-corrected chi connectivity index (χ3v) is 6.02. The molecule has 0 bridgehead atoms. The molecule has 0 aliphatic carbocycles. The smallest absolute Gasteiger partial charge is 0.289 e. The highest BCUT2D eigenvalue weighted by Crippen LogP contribution is 2.31. The summed E-state index contributed by atoms with van der Waals surface area (Å²) in [6.07, 6.45) is -0.461. The Balaban J connectivity index is 2.41. The van der Waals surface area contributed by atoms with E-state index >= 15 is 0 Å². The van der Waals surface area contributed by atoms with Crippen LogP contribution in [0.25, 0.3) is 20.2 Å². The van der Waals surface area contributed by atoms with Crippen LogP contribution in [0, 0.1) is 0 Å². The summed E-state index contributed by atoms with van der Waals surface area (Å²) in [5.74, 6) is 0. The van der Waals surface area contributed by atoms with Crippen molar-refractivity contribution in [1.82, 2.24) is 0 Å². The largest absolute Gasteiger partial charge is 0.298 e. The minimum absolute atomic E-state index is 0.0477. The van der Waals surface area contributed by atoms with Crippen LogP contribution in [-0.4, -0.2) is 14.5 Å². The second-order valence-electron chi connectivity index (χ2n) is 5.16. The summed E-state index contributed by atoms with van der Waals surface area (Å²) in [6.45, 7) is 3.31. The van der Waals surface area contributed by atoms with Crippen molar-refractivity contribution in [2.24, 2.45) is 0 Å². The number of hydrogen-bond donors (Lipinski definition) is 0. The topological polar surface area (TPSA) is 60.4 Å². The summed E-state index contributed by atoms with van der Waals surface area (Å²) in [7, 11) is -3.90. The summed E-state index contributed by atoms with van der Waals surface area (Å²) < 4.78 is 31.0. The third-order valence-electron chi connectivity index (χ3n) is 3.16. The Morgan fingerprint density at radius 3 is 2.41 bits per heavy atom. The van der Waals surface area contributed by atoms with Gasteiger partial charge in [0.15, 0.2) is 5.43 Å². The van der Waals surface area contributed by atoms with Crippen molar-refractivity contribution in [3.63, 3.8) is 0 Å². The maximum absolute atomic E-state index is 12.6. The zero-order valence-electron chi connectivity index (χ0n) is 12.1. The highest BCUT2D eigenvalue weighted by atomic mass is 32.2. The van der Waals surface area contributed by atoms with Crippen molar-refractivity contribution in [1.29, 1.82) is 0 Å². The normalized spacial score (nSPS) is 12.3. The van der Waals surface area contributed by atoms with E-state index in [2.05, 4.69) is 0 Å². The highest BCUT2D eigenvalue weighted by Gasteiger charge is 2.21. The number of rotatable bonds is 3. The van der Waals surface area contributed by atoms with E-state index in [9.17, 15) is 13.2 Å². The van der Waals surface area contributed by atoms with Gasteiger partial charge in [0.25, 0.3) is 10.1 Å². The molecule has 3 aromatic rings. The standard InChI is InChI=1S/C16H14O4S2/c1-10(2)20-22(18,19)14-9-5-7-12-15(17)11-6-3-4-8-13(11)21-16(12)14/h3-10H,1-2H3. The van der Waals surface area contributed by atoms with Crippen molar-refractivity contribution in [3.8, 4) is 0 Å². The van der Waals surface area contributed by atoms with Crippen LogP contribution in [0.15, 0.2) is 52.2 Å². The van der Waals surface area contributed by atoms with Crippen LogP contribution >= 0.6 is 11.3 Å². The Bertz CT molecular complexity index is 1020. The monoisotopic (exact) mass is 334 g/mol. The minimum atomic E-state index is -3.90. The molecule has 0 saturated carbocycles. The Hall–Kier alpha value is -1.76. The molecule has 4 nitrogen and oxygen atoms in total. The van der Waals surface area contributed by atoms with Gasteiger partial charge < -0.3 is 0 Å². The summed E-state index contributed by atoms with van der Waals surface area (Å²) in [5, 5.41) is 0.997. The fourth-order valence-corrected chi connectivity index (χ4v) is 5.00. The maximum atomic E-state index is 12.6. The van der Waals surface area contributed by atoms with Crippen LogP contribution in [0.5, 0.6) is 0 Å². The molecule has 1 heterocycles. The van der Waals surface area contributed by atoms with Gasteiger partial charge in [-0.2, -0.15) is 8.42 Å². The van der Waals surface area contributed by atoms with Crippen molar-refractivity contribution in [2.45, 2.75) is 24.8 Å². The van der Waals surface area contributed by atoms with Gasteiger partial charge in [-0.15, -0.1) is 11.3 Å². The summed E-state index contributed by atoms with van der Waals surface area (Å²) in [4.78, 5) is 12.6. The minimum Gasteiger partial charge on any atom is -0.289 e. The van der Waals surface area contributed by atoms with Gasteiger partial charge in [-0.25, -0.2) is 0 Å². The molecular weight excluding hydrogens is 320 g/mol. The summed E-state index contributed by atoms with van der Waals surface area (Å²) >= 11 is 1.29. The van der Waals surface area contributed by atoms with Gasteiger partial charge in [-0.1, -0.05) is 18.2 Å². The SMILES string of the molecule is CC(C)OS(=O)(=O)c1cccc2c(=O)c3ccccc3sc12. The van der Waals surface area contributed by atoms with Gasteiger partial charge in [-0.05, 0) is 38.1 Å². The molecular formula is C16H14O4S2. The zero-order valence-corrected chi connectivity index (χ0v) is 13.7. The zero-order chi connectivity index (χ0) is 15.9. The molecule has 114 valence electrons. The second kappa shape index (κ2) is 5.46. The van der Waals surface area contributed by atoms with E-state index in [4.69, 9.17) is 4.18 Å². The lowest BCUT2D eigenvalue weighted by Gasteiger charge is -2.10. The molecule has 3 rings (SSSR count). The number of benzene rings is 2. The first-order chi connectivity index (χ1) is 10.4. The fourth-order valence-electron chi connectivity index (χ4n) is 2.30. The lowest BCUT2D eigenvalue weighted by Crippen LogP contribution is -2.13. The lowest BCUT2D eigenvalue weighted by molar-refractivity contribution is 0.249. The van der Waals surface area contributed by atoms with E-state index in [1.165, 1.54) is 17.4 Å². The van der Waals surface area contributed by atoms with Gasteiger partial charge in [0.1, 0.15) is 4.90 Å². The predicted molar refractivity (Wildman–Crippen MR) is 89.0 cm³/mol. The molecule has 2 aromatic carbocycles. The Labute approximate surface area is 132 Å². The molecule has 0 radical (unpaired) electrons. The molecule has 22 heavy (non-hydrogen) atoms. The molecule has 0 saturated heterocycles. The van der Waals surface area contributed by atoms with E-state index in [0.717, 1.165) is 4.70 Å². The molecule has 0 fully saturated rings. The Morgan fingerprint density at radius 1 is 1.00 bits per heavy atom. The first-order valence-corrected chi connectivity index (χ1v) is 9.00. The molecule has 6 heteroatoms. The average Bonchev–Trinajstić information content (AvgIpc) is 2.45. The first-order valence-electron chi connectivity index (χ1n) is 6.78. The van der Waals surface area contributed by atoms with Gasteiger partial charge in [-0.3, -0.25) is 8.98 Å². The molecule has 0 spiro atoms. The van der Waals surface area contributed by atoms with Crippen molar-refractivity contribution >= 4 is 41.6 Å². The van der Waals surface area contributed by atoms with Crippen molar-refractivity contribution in [3.05, 3.63) is 52.7 Å². The van der Waals surface area contributed by atoms with Crippen molar-refractivity contribution < 1.29 is 12.6 Å². The van der Waals surface area contributed by atoms with E-state index < -0.39 is 16.2 Å². The molecule has 0 unspecified atom stereocenters. The van der Waals surface area contributed by atoms with Gasteiger partial charge in [0.05, 0.1) is 10.8 Å². The second-order valence-corrected chi connectivity index (χ2v) is 7.75. The third kappa shape index (κ3) is 2.54. The molecule has 0 N–H and O–H groups in total. The van der Waals surface area contributed by atoms with Crippen molar-refractivity contribution in [2.75, 3.05) is 0 Å². The highest BCUT2D eigenvalue weighted by molar-refractivity contribution is 7.87. The molecule has 0 atom stereocenters. The van der Waals surface area contributed by atoms with E-state index in [-0.39, 0.29) is 10.3 Å². The quantitative estimate of drug-likeness (QED) is 0.543. The van der Waals surface area contributed by atoms with Crippen LogP contribution in [0.1, 0.15) is 13.8 Å². The van der Waals surface area contributed by atoms with E-state index in [0.29, 0.717) is 15.5 Å². The Kier molecular flexibility index (Phi) is 3.76. The average molecular weight is 334 g/mol. The van der Waals surface area contributed by atoms with E-state index in [1.807, 2.05) is 12.1 Å². The Morgan fingerprint density at radius 2 is 1.68 bits per heavy atom. The lowest BCUT2D eigenvalue weighted by atomic mass is 10.2. The van der Waals surface area contributed by atoms with Crippen LogP contribution in [0.3, 0.4) is 0 Å². The number of fused-ring (bicyclic) bond motifs is 2. The van der Waals surface area contributed by atoms with Gasteiger partial charge >= 0.3 is 0 Å². The maximum Gasteiger partial charge on any atom is 0.298 e. The first kappa shape index (κ1) is 15.1.